The number of carbonyl (C=O) groups excluding carboxylic acids is 2. The van der Waals surface area contributed by atoms with Gasteiger partial charge in [0.2, 0.25) is 0 Å². The molecule has 86 valence electrons. The topological polar surface area (TPSA) is 64.6 Å². The minimum Gasteiger partial charge on any atom is -0.465 e. The van der Waals surface area contributed by atoms with Crippen molar-refractivity contribution < 1.29 is 19.1 Å². The first-order valence-electron chi connectivity index (χ1n) is 5.02. The first-order valence-corrected chi connectivity index (χ1v) is 5.02. The quantitative estimate of drug-likeness (QED) is 0.700. The van der Waals surface area contributed by atoms with E-state index in [4.69, 9.17) is 9.47 Å². The molecule has 0 aromatic rings. The van der Waals surface area contributed by atoms with Gasteiger partial charge in [-0.05, 0) is 27.2 Å². The van der Waals surface area contributed by atoms with Gasteiger partial charge in [0, 0.05) is 6.54 Å². The summed E-state index contributed by atoms with van der Waals surface area (Å²) < 4.78 is 9.80. The SMILES string of the molecule is CC(C)(C)OC(=O)NCC1CCOC1=O. The lowest BCUT2D eigenvalue weighted by Gasteiger charge is -2.20. The van der Waals surface area contributed by atoms with Crippen molar-refractivity contribution in [3.8, 4) is 0 Å². The van der Waals surface area contributed by atoms with Crippen molar-refractivity contribution in [2.45, 2.75) is 32.8 Å². The lowest BCUT2D eigenvalue weighted by Crippen LogP contribution is -2.36. The molecule has 5 heteroatoms. The van der Waals surface area contributed by atoms with Crippen molar-refractivity contribution in [2.24, 2.45) is 5.92 Å². The highest BCUT2D eigenvalue weighted by atomic mass is 16.6. The highest BCUT2D eigenvalue weighted by molar-refractivity contribution is 5.75. The van der Waals surface area contributed by atoms with Crippen LogP contribution in [-0.2, 0) is 14.3 Å². The molecular weight excluding hydrogens is 198 g/mol. The molecule has 15 heavy (non-hydrogen) atoms. The molecule has 0 saturated carbocycles. The lowest BCUT2D eigenvalue weighted by atomic mass is 10.1. The maximum atomic E-state index is 11.2. The second kappa shape index (κ2) is 4.51. The van der Waals surface area contributed by atoms with E-state index in [1.54, 1.807) is 20.8 Å². The summed E-state index contributed by atoms with van der Waals surface area (Å²) >= 11 is 0. The number of alkyl carbamates (subject to hydrolysis) is 1. The number of cyclic esters (lactones) is 1. The van der Waals surface area contributed by atoms with Crippen LogP contribution in [0.5, 0.6) is 0 Å². The molecule has 1 saturated heterocycles. The number of ether oxygens (including phenoxy) is 2. The normalized spacial score (nSPS) is 21.0. The van der Waals surface area contributed by atoms with Crippen LogP contribution in [0.3, 0.4) is 0 Å². The maximum absolute atomic E-state index is 11.2. The third-order valence-electron chi connectivity index (χ3n) is 1.94. The van der Waals surface area contributed by atoms with E-state index >= 15 is 0 Å². The van der Waals surface area contributed by atoms with E-state index in [0.717, 1.165) is 0 Å². The van der Waals surface area contributed by atoms with Crippen molar-refractivity contribution >= 4 is 12.1 Å². The Labute approximate surface area is 89.1 Å². The molecule has 1 heterocycles. The Morgan fingerprint density at radius 1 is 1.60 bits per heavy atom. The van der Waals surface area contributed by atoms with Gasteiger partial charge in [0.1, 0.15) is 5.60 Å². The number of amides is 1. The predicted molar refractivity (Wildman–Crippen MR) is 53.3 cm³/mol. The number of carbonyl (C=O) groups is 2. The summed E-state index contributed by atoms with van der Waals surface area (Å²) in [7, 11) is 0. The smallest absolute Gasteiger partial charge is 0.407 e. The fraction of sp³-hybridized carbons (Fsp3) is 0.800. The standard InChI is InChI=1S/C10H17NO4/c1-10(2,3)15-9(13)11-6-7-4-5-14-8(7)12/h7H,4-6H2,1-3H3,(H,11,13). The highest BCUT2D eigenvalue weighted by Gasteiger charge is 2.27. The molecule has 0 aromatic carbocycles. The monoisotopic (exact) mass is 215 g/mol. The molecule has 1 amide bonds. The highest BCUT2D eigenvalue weighted by Crippen LogP contribution is 2.13. The summed E-state index contributed by atoms with van der Waals surface area (Å²) in [5, 5.41) is 2.55. The molecule has 1 fully saturated rings. The zero-order chi connectivity index (χ0) is 11.5. The van der Waals surface area contributed by atoms with Crippen LogP contribution in [0.2, 0.25) is 0 Å². The zero-order valence-electron chi connectivity index (χ0n) is 9.33. The van der Waals surface area contributed by atoms with Gasteiger partial charge in [0.15, 0.2) is 0 Å². The number of hydrogen-bond acceptors (Lipinski definition) is 4. The van der Waals surface area contributed by atoms with Crippen LogP contribution in [0.4, 0.5) is 4.79 Å². The van der Waals surface area contributed by atoms with Gasteiger partial charge in [-0.2, -0.15) is 0 Å². The largest absolute Gasteiger partial charge is 0.465 e. The Morgan fingerprint density at radius 2 is 2.27 bits per heavy atom. The number of rotatable bonds is 2. The summed E-state index contributed by atoms with van der Waals surface area (Å²) in [5.74, 6) is -0.469. The summed E-state index contributed by atoms with van der Waals surface area (Å²) in [6, 6.07) is 0. The molecule has 0 radical (unpaired) electrons. The Morgan fingerprint density at radius 3 is 2.73 bits per heavy atom. The van der Waals surface area contributed by atoms with Crippen molar-refractivity contribution in [3.63, 3.8) is 0 Å². The average molecular weight is 215 g/mol. The van der Waals surface area contributed by atoms with Gasteiger partial charge in [0.05, 0.1) is 12.5 Å². The molecule has 0 aliphatic carbocycles. The minimum atomic E-state index is -0.514. The predicted octanol–water partition coefficient (Wildman–Crippen LogP) is 1.07. The molecule has 1 unspecified atom stereocenters. The van der Waals surface area contributed by atoms with Crippen molar-refractivity contribution in [3.05, 3.63) is 0 Å². The third-order valence-corrected chi connectivity index (χ3v) is 1.94. The summed E-state index contributed by atoms with van der Waals surface area (Å²) in [5.41, 5.74) is -0.514. The van der Waals surface area contributed by atoms with Gasteiger partial charge in [-0.25, -0.2) is 4.79 Å². The van der Waals surface area contributed by atoms with Crippen LogP contribution in [0.25, 0.3) is 0 Å². The number of hydrogen-bond donors (Lipinski definition) is 1. The van der Waals surface area contributed by atoms with Gasteiger partial charge in [0.25, 0.3) is 0 Å². The first-order chi connectivity index (χ1) is 6.88. The Bertz CT molecular complexity index is 257. The summed E-state index contributed by atoms with van der Waals surface area (Å²) in [6.45, 7) is 6.09. The van der Waals surface area contributed by atoms with Crippen LogP contribution in [-0.4, -0.2) is 30.8 Å². The third kappa shape index (κ3) is 4.18. The van der Waals surface area contributed by atoms with Gasteiger partial charge in [-0.15, -0.1) is 0 Å². The Hall–Kier alpha value is -1.26. The van der Waals surface area contributed by atoms with E-state index in [1.165, 1.54) is 0 Å². The summed E-state index contributed by atoms with van der Waals surface area (Å²) in [6.07, 6.45) is 0.163. The van der Waals surface area contributed by atoms with Crippen LogP contribution in [0.15, 0.2) is 0 Å². The molecule has 5 nitrogen and oxygen atoms in total. The van der Waals surface area contributed by atoms with Crippen LogP contribution in [0.1, 0.15) is 27.2 Å². The van der Waals surface area contributed by atoms with Gasteiger partial charge < -0.3 is 14.8 Å². The van der Waals surface area contributed by atoms with Gasteiger partial charge in [-0.3, -0.25) is 4.79 Å². The van der Waals surface area contributed by atoms with Crippen molar-refractivity contribution in [1.29, 1.82) is 0 Å². The number of esters is 1. The molecule has 1 N–H and O–H groups in total. The van der Waals surface area contributed by atoms with Crippen LogP contribution < -0.4 is 5.32 Å². The van der Waals surface area contributed by atoms with E-state index in [-0.39, 0.29) is 18.4 Å². The van der Waals surface area contributed by atoms with Crippen molar-refractivity contribution in [1.82, 2.24) is 5.32 Å². The minimum absolute atomic E-state index is 0.225. The second-order valence-corrected chi connectivity index (χ2v) is 4.54. The van der Waals surface area contributed by atoms with E-state index in [0.29, 0.717) is 13.0 Å². The van der Waals surface area contributed by atoms with E-state index in [2.05, 4.69) is 5.32 Å². The van der Waals surface area contributed by atoms with Crippen molar-refractivity contribution in [2.75, 3.05) is 13.2 Å². The molecule has 1 rings (SSSR count). The molecule has 1 atom stereocenters. The maximum Gasteiger partial charge on any atom is 0.407 e. The molecule has 0 spiro atoms. The van der Waals surface area contributed by atoms with Crippen LogP contribution >= 0.6 is 0 Å². The molecule has 0 aromatic heterocycles. The van der Waals surface area contributed by atoms with E-state index in [9.17, 15) is 9.59 Å². The molecule has 1 aliphatic rings. The average Bonchev–Trinajstić information content (AvgIpc) is 2.44. The fourth-order valence-electron chi connectivity index (χ4n) is 1.24. The van der Waals surface area contributed by atoms with Crippen LogP contribution in [0, 0.1) is 5.92 Å². The first kappa shape index (κ1) is 11.8. The Balaban J connectivity index is 2.25. The second-order valence-electron chi connectivity index (χ2n) is 4.54. The molecule has 0 bridgehead atoms. The van der Waals surface area contributed by atoms with Gasteiger partial charge >= 0.3 is 12.1 Å². The molecule has 1 aliphatic heterocycles. The van der Waals surface area contributed by atoms with Gasteiger partial charge in [-0.1, -0.05) is 0 Å². The molecular formula is C10H17NO4. The Kier molecular flexibility index (Phi) is 3.55. The zero-order valence-corrected chi connectivity index (χ0v) is 9.33. The lowest BCUT2D eigenvalue weighted by molar-refractivity contribution is -0.141. The fourth-order valence-corrected chi connectivity index (χ4v) is 1.24. The van der Waals surface area contributed by atoms with E-state index < -0.39 is 11.7 Å². The summed E-state index contributed by atoms with van der Waals surface area (Å²) in [4.78, 5) is 22.3. The van der Waals surface area contributed by atoms with E-state index in [1.807, 2.05) is 0 Å². The number of nitrogens with one attached hydrogen (secondary N) is 1.